The number of aromatic nitrogens is 2. The van der Waals surface area contributed by atoms with Gasteiger partial charge in [0.25, 0.3) is 0 Å². The molecule has 6 nitrogen and oxygen atoms in total. The quantitative estimate of drug-likeness (QED) is 0.711. The van der Waals surface area contributed by atoms with E-state index in [0.29, 0.717) is 17.2 Å². The van der Waals surface area contributed by atoms with E-state index in [0.717, 1.165) is 16.6 Å². The molecular formula is C17H16ClN5O. The van der Waals surface area contributed by atoms with Crippen LogP contribution in [0.4, 0.5) is 22.9 Å². The summed E-state index contributed by atoms with van der Waals surface area (Å²) >= 11 is 6.08. The van der Waals surface area contributed by atoms with Gasteiger partial charge in [-0.3, -0.25) is 9.78 Å². The summed E-state index contributed by atoms with van der Waals surface area (Å²) < 4.78 is 0. The van der Waals surface area contributed by atoms with Gasteiger partial charge in [0.15, 0.2) is 5.82 Å². The number of fused-ring (bicyclic) bond motifs is 1. The van der Waals surface area contributed by atoms with Gasteiger partial charge in [-0.05, 0) is 24.3 Å². The number of anilines is 4. The van der Waals surface area contributed by atoms with Crippen LogP contribution in [0.15, 0.2) is 42.6 Å². The van der Waals surface area contributed by atoms with E-state index >= 15 is 0 Å². The van der Waals surface area contributed by atoms with E-state index in [4.69, 9.17) is 17.3 Å². The number of carbonyl (C=O) groups excluding carboxylic acids is 1. The SMILES string of the molecule is CC(=O)Nc1cc(Cl)nc(N(C)c2ccc3ncccc3c2)c1N. The molecule has 1 amide bonds. The number of rotatable bonds is 3. The zero-order valence-electron chi connectivity index (χ0n) is 13.2. The van der Waals surface area contributed by atoms with Crippen molar-refractivity contribution in [2.24, 2.45) is 0 Å². The van der Waals surface area contributed by atoms with E-state index in [1.807, 2.05) is 42.3 Å². The smallest absolute Gasteiger partial charge is 0.221 e. The molecule has 3 N–H and O–H groups in total. The summed E-state index contributed by atoms with van der Waals surface area (Å²) in [7, 11) is 1.84. The molecule has 3 aromatic rings. The Morgan fingerprint density at radius 3 is 2.83 bits per heavy atom. The molecule has 0 spiro atoms. The van der Waals surface area contributed by atoms with Crippen molar-refractivity contribution in [2.75, 3.05) is 23.0 Å². The standard InChI is InChI=1S/C17H16ClN5O/c1-10(24)21-14-9-15(18)22-17(16(14)19)23(2)12-5-6-13-11(8-12)4-3-7-20-13/h3-9H,19H2,1-2H3,(H,21,22,24). The van der Waals surface area contributed by atoms with Crippen molar-refractivity contribution in [1.82, 2.24) is 9.97 Å². The molecule has 0 unspecified atom stereocenters. The molecule has 7 heteroatoms. The number of nitrogens with two attached hydrogens (primary N) is 1. The van der Waals surface area contributed by atoms with Crippen molar-refractivity contribution in [3.8, 4) is 0 Å². The molecule has 1 aromatic carbocycles. The van der Waals surface area contributed by atoms with Crippen LogP contribution in [-0.4, -0.2) is 22.9 Å². The lowest BCUT2D eigenvalue weighted by Gasteiger charge is -2.22. The van der Waals surface area contributed by atoms with Gasteiger partial charge in [-0.15, -0.1) is 0 Å². The fourth-order valence-electron chi connectivity index (χ4n) is 2.45. The first kappa shape index (κ1) is 16.0. The normalized spacial score (nSPS) is 10.6. The molecule has 0 aliphatic rings. The minimum atomic E-state index is -0.227. The molecule has 0 bridgehead atoms. The minimum absolute atomic E-state index is 0.227. The summed E-state index contributed by atoms with van der Waals surface area (Å²) in [4.78, 5) is 21.7. The van der Waals surface area contributed by atoms with Crippen LogP contribution in [0.2, 0.25) is 5.15 Å². The molecule has 122 valence electrons. The van der Waals surface area contributed by atoms with Gasteiger partial charge in [0.1, 0.15) is 5.15 Å². The average Bonchev–Trinajstić information content (AvgIpc) is 2.56. The first-order valence-corrected chi connectivity index (χ1v) is 7.65. The minimum Gasteiger partial charge on any atom is -0.394 e. The van der Waals surface area contributed by atoms with Crippen LogP contribution in [0.1, 0.15) is 6.92 Å². The monoisotopic (exact) mass is 341 g/mol. The Balaban J connectivity index is 2.06. The second kappa shape index (κ2) is 6.33. The molecule has 0 atom stereocenters. The van der Waals surface area contributed by atoms with Crippen molar-refractivity contribution in [3.05, 3.63) is 47.7 Å². The topological polar surface area (TPSA) is 84.1 Å². The van der Waals surface area contributed by atoms with Gasteiger partial charge >= 0.3 is 0 Å². The number of amides is 1. The zero-order chi connectivity index (χ0) is 17.3. The second-order valence-electron chi connectivity index (χ2n) is 5.35. The molecule has 2 heterocycles. The lowest BCUT2D eigenvalue weighted by atomic mass is 10.2. The van der Waals surface area contributed by atoms with Gasteiger partial charge in [-0.2, -0.15) is 0 Å². The first-order valence-electron chi connectivity index (χ1n) is 7.28. The van der Waals surface area contributed by atoms with Crippen LogP contribution in [0, 0.1) is 0 Å². The van der Waals surface area contributed by atoms with Crippen LogP contribution in [0.3, 0.4) is 0 Å². The number of nitrogens with one attached hydrogen (secondary N) is 1. The highest BCUT2D eigenvalue weighted by Gasteiger charge is 2.15. The number of benzene rings is 1. The first-order chi connectivity index (χ1) is 11.5. The Labute approximate surface area is 144 Å². The second-order valence-corrected chi connectivity index (χ2v) is 5.74. The maximum Gasteiger partial charge on any atom is 0.221 e. The molecule has 0 fully saturated rings. The molecular weight excluding hydrogens is 326 g/mol. The summed E-state index contributed by atoms with van der Waals surface area (Å²) in [5, 5.41) is 3.92. The van der Waals surface area contributed by atoms with Crippen LogP contribution < -0.4 is 16.0 Å². The van der Waals surface area contributed by atoms with Gasteiger partial charge in [0, 0.05) is 37.3 Å². The number of halogens is 1. The number of pyridine rings is 2. The van der Waals surface area contributed by atoms with Crippen LogP contribution >= 0.6 is 11.6 Å². The lowest BCUT2D eigenvalue weighted by molar-refractivity contribution is -0.114. The zero-order valence-corrected chi connectivity index (χ0v) is 14.0. The maximum atomic E-state index is 11.3. The number of nitrogen functional groups attached to an aromatic ring is 1. The van der Waals surface area contributed by atoms with Gasteiger partial charge in [0.05, 0.1) is 16.9 Å². The fourth-order valence-corrected chi connectivity index (χ4v) is 2.64. The Hall–Kier alpha value is -2.86. The van der Waals surface area contributed by atoms with Crippen molar-refractivity contribution in [1.29, 1.82) is 0 Å². The Bertz CT molecular complexity index is 928. The third-order valence-electron chi connectivity index (χ3n) is 3.61. The Morgan fingerprint density at radius 2 is 2.08 bits per heavy atom. The van der Waals surface area contributed by atoms with Crippen molar-refractivity contribution in [2.45, 2.75) is 6.92 Å². The van der Waals surface area contributed by atoms with Crippen LogP contribution in [-0.2, 0) is 4.79 Å². The molecule has 0 aliphatic heterocycles. The number of nitrogens with zero attached hydrogens (tertiary/aromatic N) is 3. The van der Waals surface area contributed by atoms with Crippen molar-refractivity contribution in [3.63, 3.8) is 0 Å². The molecule has 0 saturated carbocycles. The van der Waals surface area contributed by atoms with Gasteiger partial charge < -0.3 is 16.0 Å². The van der Waals surface area contributed by atoms with E-state index < -0.39 is 0 Å². The molecule has 0 radical (unpaired) electrons. The molecule has 3 rings (SSSR count). The van der Waals surface area contributed by atoms with Crippen molar-refractivity contribution < 1.29 is 4.79 Å². The molecule has 24 heavy (non-hydrogen) atoms. The number of carbonyl (C=O) groups is 1. The predicted molar refractivity (Wildman–Crippen MR) is 97.8 cm³/mol. The van der Waals surface area contributed by atoms with Gasteiger partial charge in [0.2, 0.25) is 5.91 Å². The summed E-state index contributed by atoms with van der Waals surface area (Å²) in [5.41, 5.74) is 8.73. The summed E-state index contributed by atoms with van der Waals surface area (Å²) in [6.07, 6.45) is 1.75. The van der Waals surface area contributed by atoms with Gasteiger partial charge in [-0.1, -0.05) is 17.7 Å². The van der Waals surface area contributed by atoms with Gasteiger partial charge in [-0.25, -0.2) is 4.98 Å². The maximum absolute atomic E-state index is 11.3. The third kappa shape index (κ3) is 3.09. The summed E-state index contributed by atoms with van der Waals surface area (Å²) in [6.45, 7) is 1.41. The molecule has 0 aliphatic carbocycles. The molecule has 2 aromatic heterocycles. The third-order valence-corrected chi connectivity index (χ3v) is 3.80. The van der Waals surface area contributed by atoms with E-state index in [-0.39, 0.29) is 11.1 Å². The highest BCUT2D eigenvalue weighted by Crippen LogP contribution is 2.35. The Morgan fingerprint density at radius 1 is 1.29 bits per heavy atom. The van der Waals surface area contributed by atoms with Crippen LogP contribution in [0.5, 0.6) is 0 Å². The average molecular weight is 342 g/mol. The fraction of sp³-hybridized carbons (Fsp3) is 0.118. The van der Waals surface area contributed by atoms with E-state index in [2.05, 4.69) is 15.3 Å². The highest BCUT2D eigenvalue weighted by molar-refractivity contribution is 6.30. The Kier molecular flexibility index (Phi) is 4.22. The number of hydrogen-bond acceptors (Lipinski definition) is 5. The largest absolute Gasteiger partial charge is 0.394 e. The lowest BCUT2D eigenvalue weighted by Crippen LogP contribution is -2.16. The van der Waals surface area contributed by atoms with E-state index in [1.54, 1.807) is 6.20 Å². The van der Waals surface area contributed by atoms with Crippen LogP contribution in [0.25, 0.3) is 10.9 Å². The van der Waals surface area contributed by atoms with E-state index in [1.165, 1.54) is 13.0 Å². The highest BCUT2D eigenvalue weighted by atomic mass is 35.5. The summed E-state index contributed by atoms with van der Waals surface area (Å²) in [6, 6.07) is 11.2. The number of hydrogen-bond donors (Lipinski definition) is 2. The molecule has 0 saturated heterocycles. The van der Waals surface area contributed by atoms with E-state index in [9.17, 15) is 4.79 Å². The van der Waals surface area contributed by atoms with Crippen molar-refractivity contribution >= 4 is 51.3 Å². The summed E-state index contributed by atoms with van der Waals surface area (Å²) in [5.74, 6) is 0.240. The predicted octanol–water partition coefficient (Wildman–Crippen LogP) is 3.59.